The molecule has 2 aromatic heterocycles. The smallest absolute Gasteiger partial charge is 0.304 e. The molecule has 2 saturated carbocycles. The Balaban J connectivity index is 1.32. The van der Waals surface area contributed by atoms with Gasteiger partial charge in [0.2, 0.25) is 5.91 Å². The number of aromatic nitrogens is 2. The number of carbonyl (C=O) groups excluding carboxylic acids is 1. The fourth-order valence-electron chi connectivity index (χ4n) is 5.95. The maximum absolute atomic E-state index is 13.9. The Hall–Kier alpha value is -3.17. The van der Waals surface area contributed by atoms with E-state index >= 15 is 0 Å². The number of ether oxygens (including phenoxy) is 1. The number of carbonyl (C=O) groups is 2. The molecule has 1 N–H and O–H groups in total. The highest BCUT2D eigenvalue weighted by Gasteiger charge is 2.40. The molecule has 3 heterocycles. The van der Waals surface area contributed by atoms with Crippen LogP contribution in [0, 0.1) is 11.8 Å². The summed E-state index contributed by atoms with van der Waals surface area (Å²) >= 11 is 7.87. The molecule has 0 bridgehead atoms. The van der Waals surface area contributed by atoms with E-state index < -0.39 is 11.9 Å². The molecule has 0 spiro atoms. The fourth-order valence-corrected chi connectivity index (χ4v) is 7.02. The van der Waals surface area contributed by atoms with Crippen molar-refractivity contribution in [1.29, 1.82) is 0 Å². The van der Waals surface area contributed by atoms with Crippen LogP contribution in [0.3, 0.4) is 0 Å². The summed E-state index contributed by atoms with van der Waals surface area (Å²) in [5.41, 5.74) is 3.38. The molecular formula is C30H33ClN4O4S. The van der Waals surface area contributed by atoms with E-state index in [-0.39, 0.29) is 18.4 Å². The first-order valence-electron chi connectivity index (χ1n) is 14.0. The molecule has 10 heteroatoms. The lowest BCUT2D eigenvalue weighted by Gasteiger charge is -2.26. The number of rotatable bonds is 9. The number of thiazole rings is 1. The van der Waals surface area contributed by atoms with Gasteiger partial charge >= 0.3 is 5.97 Å². The van der Waals surface area contributed by atoms with Gasteiger partial charge in [0.25, 0.3) is 0 Å². The van der Waals surface area contributed by atoms with Crippen molar-refractivity contribution in [2.75, 3.05) is 30.0 Å². The molecule has 1 atom stereocenters. The number of hydrogen-bond acceptors (Lipinski definition) is 7. The Bertz CT molecular complexity index is 1420. The van der Waals surface area contributed by atoms with Gasteiger partial charge in [-0.3, -0.25) is 14.5 Å². The molecule has 0 saturated heterocycles. The van der Waals surface area contributed by atoms with Crippen LogP contribution in [0.5, 0.6) is 5.75 Å². The molecule has 3 aliphatic rings. The zero-order valence-corrected chi connectivity index (χ0v) is 24.1. The van der Waals surface area contributed by atoms with Gasteiger partial charge in [0, 0.05) is 46.7 Å². The number of carboxylic acids is 1. The largest absolute Gasteiger partial charge is 0.488 e. The summed E-state index contributed by atoms with van der Waals surface area (Å²) in [6.45, 7) is 1.39. The summed E-state index contributed by atoms with van der Waals surface area (Å²) in [7, 11) is 2.00. The van der Waals surface area contributed by atoms with Gasteiger partial charge in [0.15, 0.2) is 16.7 Å². The maximum atomic E-state index is 13.9. The zero-order valence-electron chi connectivity index (χ0n) is 22.5. The number of hydrogen-bond donors (Lipinski definition) is 1. The van der Waals surface area contributed by atoms with Gasteiger partial charge in [-0.25, -0.2) is 9.97 Å². The fraction of sp³-hybridized carbons (Fsp3) is 0.467. The van der Waals surface area contributed by atoms with Crippen LogP contribution >= 0.6 is 22.9 Å². The van der Waals surface area contributed by atoms with E-state index in [0.717, 1.165) is 79.0 Å². The number of halogens is 1. The Morgan fingerprint density at radius 2 is 2.00 bits per heavy atom. The Morgan fingerprint density at radius 1 is 1.20 bits per heavy atom. The minimum atomic E-state index is -0.927. The van der Waals surface area contributed by atoms with E-state index in [9.17, 15) is 14.7 Å². The average Bonchev–Trinajstić information content (AvgIpc) is 3.40. The van der Waals surface area contributed by atoms with Gasteiger partial charge in [0.05, 0.1) is 18.7 Å². The van der Waals surface area contributed by atoms with Crippen molar-refractivity contribution in [3.05, 3.63) is 40.9 Å². The minimum absolute atomic E-state index is 0.0733. The highest BCUT2D eigenvalue weighted by molar-refractivity contribution is 7.14. The average molecular weight is 581 g/mol. The van der Waals surface area contributed by atoms with Crippen LogP contribution in [0.25, 0.3) is 22.4 Å². The predicted octanol–water partition coefficient (Wildman–Crippen LogP) is 6.52. The van der Waals surface area contributed by atoms with Crippen LogP contribution in [0.15, 0.2) is 35.8 Å². The number of nitrogens with zero attached hydrogens (tertiary/aromatic N) is 4. The van der Waals surface area contributed by atoms with Gasteiger partial charge < -0.3 is 14.7 Å². The maximum Gasteiger partial charge on any atom is 0.304 e. The van der Waals surface area contributed by atoms with Gasteiger partial charge in [-0.05, 0) is 48.9 Å². The van der Waals surface area contributed by atoms with E-state index in [1.807, 2.05) is 42.9 Å². The monoisotopic (exact) mass is 580 g/mol. The van der Waals surface area contributed by atoms with Crippen molar-refractivity contribution in [2.24, 2.45) is 11.8 Å². The number of aliphatic carboxylic acids is 1. The van der Waals surface area contributed by atoms with Gasteiger partial charge in [0.1, 0.15) is 6.61 Å². The van der Waals surface area contributed by atoms with Gasteiger partial charge in [-0.15, -0.1) is 11.3 Å². The Labute approximate surface area is 243 Å². The van der Waals surface area contributed by atoms with Crippen molar-refractivity contribution in [3.63, 3.8) is 0 Å². The number of fused-ring (bicyclic) bond motifs is 1. The highest BCUT2D eigenvalue weighted by atomic mass is 35.5. The number of anilines is 2. The second-order valence-electron chi connectivity index (χ2n) is 11.1. The molecule has 2 fully saturated rings. The normalized spacial score (nSPS) is 17.8. The summed E-state index contributed by atoms with van der Waals surface area (Å²) < 4.78 is 5.89. The van der Waals surface area contributed by atoms with Crippen molar-refractivity contribution < 1.29 is 19.4 Å². The molecule has 6 rings (SSSR count). The molecule has 0 unspecified atom stereocenters. The van der Waals surface area contributed by atoms with Crippen LogP contribution in [-0.2, 0) is 9.59 Å². The second kappa shape index (κ2) is 11.4. The summed E-state index contributed by atoms with van der Waals surface area (Å²) in [6.07, 6.45) is 8.60. The number of pyridine rings is 1. The molecule has 3 aromatic rings. The van der Waals surface area contributed by atoms with Crippen LogP contribution in [0.4, 0.5) is 10.9 Å². The number of carboxylic acid groups (broad SMARTS) is 1. The van der Waals surface area contributed by atoms with Crippen molar-refractivity contribution in [3.8, 4) is 28.1 Å². The van der Waals surface area contributed by atoms with Gasteiger partial charge in [-0.1, -0.05) is 43.4 Å². The molecule has 210 valence electrons. The lowest BCUT2D eigenvalue weighted by molar-refractivity contribution is -0.141. The molecular weight excluding hydrogens is 548 g/mol. The molecule has 1 amide bonds. The highest BCUT2D eigenvalue weighted by Crippen LogP contribution is 2.42. The van der Waals surface area contributed by atoms with E-state index in [1.165, 1.54) is 11.3 Å². The lowest BCUT2D eigenvalue weighted by atomic mass is 9.90. The standard InChI is InChI=1S/C30H33ClN4O4S/c1-34-10-11-39-26-13-20(16-32-28(26)34)23-9-6-21(31)15-24(23)25-17-40-30(33-25)35(22-7-8-22)29(38)19(14-27(36)37)12-18-4-2-3-5-18/h6,9,13,15-19,22H,2-5,7-8,10-12,14H2,1H3,(H,36,37)/t19-/m1/s1. The van der Waals surface area contributed by atoms with Crippen molar-refractivity contribution in [2.45, 2.75) is 57.4 Å². The summed E-state index contributed by atoms with van der Waals surface area (Å²) in [5, 5.41) is 12.8. The Morgan fingerprint density at radius 3 is 2.75 bits per heavy atom. The number of benzene rings is 1. The third-order valence-corrected chi connectivity index (χ3v) is 9.23. The molecule has 1 aromatic carbocycles. The molecule has 1 aliphatic heterocycles. The van der Waals surface area contributed by atoms with E-state index in [2.05, 4.69) is 9.88 Å². The lowest BCUT2D eigenvalue weighted by Crippen LogP contribution is -2.39. The van der Waals surface area contributed by atoms with E-state index in [0.29, 0.717) is 29.1 Å². The molecule has 2 aliphatic carbocycles. The molecule has 0 radical (unpaired) electrons. The molecule has 40 heavy (non-hydrogen) atoms. The summed E-state index contributed by atoms with van der Waals surface area (Å²) in [6, 6.07) is 7.76. The van der Waals surface area contributed by atoms with Crippen LogP contribution in [0.2, 0.25) is 5.02 Å². The first kappa shape index (κ1) is 27.0. The summed E-state index contributed by atoms with van der Waals surface area (Å²) in [5.74, 6) is 0.407. The van der Waals surface area contributed by atoms with E-state index in [4.69, 9.17) is 21.3 Å². The third-order valence-electron chi connectivity index (χ3n) is 8.16. The minimum Gasteiger partial charge on any atom is -0.488 e. The SMILES string of the molecule is CN1CCOc2cc(-c3ccc(Cl)cc3-c3csc(N(C(=O)[C@@H](CC(=O)O)CC4CCCC4)C4CC4)n3)cnc21. The predicted molar refractivity (Wildman–Crippen MR) is 157 cm³/mol. The van der Waals surface area contributed by atoms with E-state index in [1.54, 1.807) is 4.90 Å². The zero-order chi connectivity index (χ0) is 27.8. The quantitative estimate of drug-likeness (QED) is 0.308. The second-order valence-corrected chi connectivity index (χ2v) is 12.4. The van der Waals surface area contributed by atoms with Crippen molar-refractivity contribution >= 4 is 45.8 Å². The number of likely N-dealkylation sites (N-methyl/N-ethyl adjacent to an activating group) is 1. The summed E-state index contributed by atoms with van der Waals surface area (Å²) in [4.78, 5) is 39.1. The topological polar surface area (TPSA) is 95.9 Å². The number of amides is 1. The van der Waals surface area contributed by atoms with Crippen LogP contribution < -0.4 is 14.5 Å². The first-order chi connectivity index (χ1) is 19.4. The van der Waals surface area contributed by atoms with Gasteiger partial charge in [-0.2, -0.15) is 0 Å². The third kappa shape index (κ3) is 5.67. The van der Waals surface area contributed by atoms with Crippen LogP contribution in [0.1, 0.15) is 51.4 Å². The molecule has 8 nitrogen and oxygen atoms in total. The van der Waals surface area contributed by atoms with Crippen molar-refractivity contribution in [1.82, 2.24) is 9.97 Å². The van der Waals surface area contributed by atoms with Crippen LogP contribution in [-0.4, -0.2) is 53.2 Å². The first-order valence-corrected chi connectivity index (χ1v) is 15.3. The Kier molecular flexibility index (Phi) is 7.68.